The van der Waals surface area contributed by atoms with Crippen molar-refractivity contribution >= 4 is 17.9 Å². The van der Waals surface area contributed by atoms with Crippen molar-refractivity contribution in [3.8, 4) is 0 Å². The Morgan fingerprint density at radius 1 is 0.313 bits per heavy atom. The molecule has 0 unspecified atom stereocenters. The summed E-state index contributed by atoms with van der Waals surface area (Å²) in [5.74, 6) is -0.953. The van der Waals surface area contributed by atoms with Crippen molar-refractivity contribution in [3.05, 3.63) is 97.2 Å². The summed E-state index contributed by atoms with van der Waals surface area (Å²) in [6, 6.07) is 0. The summed E-state index contributed by atoms with van der Waals surface area (Å²) < 4.78 is 16.8. The van der Waals surface area contributed by atoms with Gasteiger partial charge in [-0.05, 0) is 122 Å². The van der Waals surface area contributed by atoms with Gasteiger partial charge in [-0.2, -0.15) is 0 Å². The maximum Gasteiger partial charge on any atom is 0.306 e. The van der Waals surface area contributed by atoms with Gasteiger partial charge in [-0.25, -0.2) is 0 Å². The second kappa shape index (κ2) is 54.9. The molecule has 6 heteroatoms. The van der Waals surface area contributed by atoms with Crippen molar-refractivity contribution in [3.63, 3.8) is 0 Å². The van der Waals surface area contributed by atoms with E-state index in [4.69, 9.17) is 14.2 Å². The van der Waals surface area contributed by atoms with Gasteiger partial charge in [-0.1, -0.05) is 208 Å². The summed E-state index contributed by atoms with van der Waals surface area (Å²) in [5, 5.41) is 0. The molecule has 1 atom stereocenters. The van der Waals surface area contributed by atoms with Crippen LogP contribution in [0.2, 0.25) is 0 Å². The number of hydrogen-bond acceptors (Lipinski definition) is 6. The van der Waals surface area contributed by atoms with Gasteiger partial charge in [-0.3, -0.25) is 14.4 Å². The molecule has 0 saturated heterocycles. The second-order valence-electron chi connectivity index (χ2n) is 18.1. The molecule has 0 amide bonds. The zero-order valence-corrected chi connectivity index (χ0v) is 43.6. The lowest BCUT2D eigenvalue weighted by molar-refractivity contribution is -0.167. The monoisotopic (exact) mass is 931 g/mol. The van der Waals surface area contributed by atoms with Crippen LogP contribution >= 0.6 is 0 Å². The Morgan fingerprint density at radius 2 is 0.582 bits per heavy atom. The van der Waals surface area contributed by atoms with E-state index in [0.717, 1.165) is 128 Å². The molecule has 0 aromatic carbocycles. The lowest BCUT2D eigenvalue weighted by atomic mass is 10.1. The molecule has 67 heavy (non-hydrogen) atoms. The third-order valence-electron chi connectivity index (χ3n) is 11.5. The van der Waals surface area contributed by atoms with Crippen LogP contribution in [0.25, 0.3) is 0 Å². The minimum atomic E-state index is -0.803. The molecule has 0 rings (SSSR count). The Balaban J connectivity index is 4.49. The normalized spacial score (nSPS) is 12.8. The molecule has 0 heterocycles. The van der Waals surface area contributed by atoms with Gasteiger partial charge in [0.05, 0.1) is 0 Å². The summed E-state index contributed by atoms with van der Waals surface area (Å²) >= 11 is 0. The highest BCUT2D eigenvalue weighted by Crippen LogP contribution is 2.13. The molecule has 0 aliphatic heterocycles. The number of hydrogen-bond donors (Lipinski definition) is 0. The molecule has 0 N–H and O–H groups in total. The molecule has 382 valence electrons. The number of esters is 3. The minimum Gasteiger partial charge on any atom is -0.462 e. The third-order valence-corrected chi connectivity index (χ3v) is 11.5. The summed E-state index contributed by atoms with van der Waals surface area (Å²) in [4.78, 5) is 38.1. The lowest BCUT2D eigenvalue weighted by Crippen LogP contribution is -2.30. The number of allylic oxidation sites excluding steroid dienone is 16. The van der Waals surface area contributed by atoms with Gasteiger partial charge in [0.15, 0.2) is 6.10 Å². The van der Waals surface area contributed by atoms with Crippen molar-refractivity contribution < 1.29 is 28.6 Å². The van der Waals surface area contributed by atoms with Gasteiger partial charge in [-0.15, -0.1) is 0 Å². The average molecular weight is 931 g/mol. The standard InChI is InChI=1S/C61H102O6/c1-4-7-10-13-16-19-22-25-28-29-30-31-34-36-39-42-45-48-51-54-60(63)66-57-58(67-61(64)55-52-49-46-43-40-37-33-27-24-21-18-15-12-9-6-3)56-65-59(62)53-50-47-44-41-38-35-32-26-23-20-17-14-11-8-5-2/h7,10,16,18-19,21,25-28,30-33,36,39,58H,4-6,8-9,11-15,17,20,22-24,29,34-35,37-38,40-57H2,1-3H3/b10-7-,19-16-,21-18-,28-25-,31-30-,32-26-,33-27-,39-36-/t58-/m0/s1. The number of carbonyl (C=O) groups excluding carboxylic acids is 3. The highest BCUT2D eigenvalue weighted by Gasteiger charge is 2.19. The van der Waals surface area contributed by atoms with Crippen molar-refractivity contribution in [2.45, 2.75) is 258 Å². The van der Waals surface area contributed by atoms with Gasteiger partial charge in [0.25, 0.3) is 0 Å². The molecule has 0 aromatic rings. The van der Waals surface area contributed by atoms with E-state index in [2.05, 4.69) is 118 Å². The maximum absolute atomic E-state index is 12.8. The van der Waals surface area contributed by atoms with Gasteiger partial charge >= 0.3 is 17.9 Å². The first-order valence-electron chi connectivity index (χ1n) is 27.7. The van der Waals surface area contributed by atoms with Crippen LogP contribution in [0.1, 0.15) is 252 Å². The Kier molecular flexibility index (Phi) is 51.9. The summed E-state index contributed by atoms with van der Waals surface area (Å²) in [6.45, 7) is 6.45. The van der Waals surface area contributed by atoms with Crippen LogP contribution in [-0.2, 0) is 28.6 Å². The SMILES string of the molecule is CC/C=C\C/C=C\C/C=C\C/C=C\C/C=C\CCCCCC(=O)OC[C@H](COC(=O)CCCCCCC/C=C\CCCCCCCC)OC(=O)CCCCCCC/C=C\C/C=C\CCCCC. The van der Waals surface area contributed by atoms with Crippen molar-refractivity contribution in [1.82, 2.24) is 0 Å². The Bertz CT molecular complexity index is 1350. The number of ether oxygens (including phenoxy) is 3. The van der Waals surface area contributed by atoms with Crippen LogP contribution in [0, 0.1) is 0 Å². The van der Waals surface area contributed by atoms with E-state index in [1.54, 1.807) is 0 Å². The predicted molar refractivity (Wildman–Crippen MR) is 288 cm³/mol. The van der Waals surface area contributed by atoms with Crippen molar-refractivity contribution in [1.29, 1.82) is 0 Å². The highest BCUT2D eigenvalue weighted by molar-refractivity contribution is 5.71. The predicted octanol–water partition coefficient (Wildman–Crippen LogP) is 18.5. The van der Waals surface area contributed by atoms with E-state index in [1.165, 1.54) is 83.5 Å². The van der Waals surface area contributed by atoms with E-state index in [-0.39, 0.29) is 31.1 Å². The average Bonchev–Trinajstić information content (AvgIpc) is 3.33. The van der Waals surface area contributed by atoms with Gasteiger partial charge in [0, 0.05) is 19.3 Å². The largest absolute Gasteiger partial charge is 0.462 e. The Labute approximate surface area is 413 Å². The molecular formula is C61H102O6. The van der Waals surface area contributed by atoms with Gasteiger partial charge < -0.3 is 14.2 Å². The number of unbranched alkanes of at least 4 members (excludes halogenated alkanes) is 22. The topological polar surface area (TPSA) is 78.9 Å². The zero-order valence-electron chi connectivity index (χ0n) is 43.6. The molecule has 0 saturated carbocycles. The zero-order chi connectivity index (χ0) is 48.6. The fourth-order valence-corrected chi connectivity index (χ4v) is 7.37. The minimum absolute atomic E-state index is 0.0989. The third kappa shape index (κ3) is 53.2. The molecule has 0 radical (unpaired) electrons. The molecule has 0 aliphatic rings. The first-order valence-corrected chi connectivity index (χ1v) is 27.7. The van der Waals surface area contributed by atoms with Crippen LogP contribution in [0.3, 0.4) is 0 Å². The van der Waals surface area contributed by atoms with E-state index in [9.17, 15) is 14.4 Å². The molecule has 0 spiro atoms. The van der Waals surface area contributed by atoms with Crippen LogP contribution in [0.4, 0.5) is 0 Å². The fraction of sp³-hybridized carbons (Fsp3) is 0.689. The highest BCUT2D eigenvalue weighted by atomic mass is 16.6. The first kappa shape index (κ1) is 63.3. The fourth-order valence-electron chi connectivity index (χ4n) is 7.37. The Hall–Kier alpha value is -3.67. The molecule has 6 nitrogen and oxygen atoms in total. The number of rotatable bonds is 49. The molecule has 0 aromatic heterocycles. The summed E-state index contributed by atoms with van der Waals surface area (Å²) in [6.07, 6.45) is 72.4. The van der Waals surface area contributed by atoms with Crippen LogP contribution in [0.5, 0.6) is 0 Å². The maximum atomic E-state index is 12.8. The van der Waals surface area contributed by atoms with E-state index >= 15 is 0 Å². The lowest BCUT2D eigenvalue weighted by Gasteiger charge is -2.18. The van der Waals surface area contributed by atoms with Crippen molar-refractivity contribution in [2.24, 2.45) is 0 Å². The Morgan fingerprint density at radius 3 is 0.970 bits per heavy atom. The quantitative estimate of drug-likeness (QED) is 0.0262. The molecular weight excluding hydrogens is 829 g/mol. The van der Waals surface area contributed by atoms with Gasteiger partial charge in [0.1, 0.15) is 13.2 Å². The van der Waals surface area contributed by atoms with Crippen LogP contribution in [-0.4, -0.2) is 37.2 Å². The van der Waals surface area contributed by atoms with Crippen LogP contribution < -0.4 is 0 Å². The molecule has 0 fully saturated rings. The van der Waals surface area contributed by atoms with Crippen LogP contribution in [0.15, 0.2) is 97.2 Å². The summed E-state index contributed by atoms with van der Waals surface area (Å²) in [7, 11) is 0. The number of carbonyl (C=O) groups is 3. The molecule has 0 aliphatic carbocycles. The van der Waals surface area contributed by atoms with Crippen molar-refractivity contribution in [2.75, 3.05) is 13.2 Å². The second-order valence-corrected chi connectivity index (χ2v) is 18.1. The van der Waals surface area contributed by atoms with E-state index in [1.807, 2.05) is 0 Å². The van der Waals surface area contributed by atoms with Gasteiger partial charge in [0.2, 0.25) is 0 Å². The summed E-state index contributed by atoms with van der Waals surface area (Å²) in [5.41, 5.74) is 0. The van der Waals surface area contributed by atoms with E-state index in [0.29, 0.717) is 19.3 Å². The van der Waals surface area contributed by atoms with E-state index < -0.39 is 6.10 Å². The first-order chi connectivity index (χ1) is 33.0. The smallest absolute Gasteiger partial charge is 0.306 e. The molecule has 0 bridgehead atoms.